The summed E-state index contributed by atoms with van der Waals surface area (Å²) in [6.07, 6.45) is 8.98. The fraction of sp³-hybridized carbons (Fsp3) is 0.400. The Morgan fingerprint density at radius 2 is 1.76 bits per heavy atom. The third-order valence-corrected chi connectivity index (χ3v) is 6.99. The molecule has 2 aromatic carbocycles. The molecule has 1 N–H and O–H groups in total. The highest BCUT2D eigenvalue weighted by Crippen LogP contribution is 2.31. The molecule has 3 rings (SSSR count). The minimum Gasteiger partial charge on any atom is -0.343 e. The second-order valence-electron chi connectivity index (χ2n) is 9.32. The fourth-order valence-electron chi connectivity index (χ4n) is 4.33. The number of fused-ring (bicyclic) bond motifs is 1. The molecule has 1 amide bonds. The highest BCUT2D eigenvalue weighted by Gasteiger charge is 2.22. The molecule has 0 atom stereocenters. The van der Waals surface area contributed by atoms with Crippen molar-refractivity contribution in [3.8, 4) is 11.1 Å². The van der Waals surface area contributed by atoms with Crippen LogP contribution in [0.3, 0.4) is 0 Å². The number of amidine groups is 1. The molecule has 8 heteroatoms. The number of hydrogen-bond acceptors (Lipinski definition) is 6. The molecule has 0 fully saturated rings. The number of anilines is 1. The molecule has 2 aromatic rings. The van der Waals surface area contributed by atoms with Crippen LogP contribution in [0.25, 0.3) is 17.2 Å². The van der Waals surface area contributed by atoms with Gasteiger partial charge in [0.25, 0.3) is 0 Å². The normalized spacial score (nSPS) is 14.0. The number of hydrazone groups is 1. The number of aldehydes is 1. The molecule has 0 spiro atoms. The first-order valence-electron chi connectivity index (χ1n) is 13.1. The third kappa shape index (κ3) is 7.57. The number of thioether (sulfide) groups is 1. The number of carbonyl (C=O) groups is 2. The predicted molar refractivity (Wildman–Crippen MR) is 163 cm³/mol. The van der Waals surface area contributed by atoms with Crippen molar-refractivity contribution in [2.24, 2.45) is 10.1 Å². The predicted octanol–water partition coefficient (Wildman–Crippen LogP) is 5.67. The minimum atomic E-state index is 0.0736. The summed E-state index contributed by atoms with van der Waals surface area (Å²) in [5, 5.41) is 9.83. The number of nitrogens with zero attached hydrogens (tertiary/aromatic N) is 4. The van der Waals surface area contributed by atoms with Crippen molar-refractivity contribution in [3.05, 3.63) is 58.7 Å². The highest BCUT2D eigenvalue weighted by molar-refractivity contribution is 7.98. The van der Waals surface area contributed by atoms with Gasteiger partial charge in [-0.2, -0.15) is 16.9 Å². The average molecular weight is 534 g/mol. The molecule has 0 radical (unpaired) electrons. The van der Waals surface area contributed by atoms with Gasteiger partial charge in [-0.1, -0.05) is 38.1 Å². The van der Waals surface area contributed by atoms with Crippen LogP contribution in [0.5, 0.6) is 0 Å². The van der Waals surface area contributed by atoms with E-state index in [4.69, 9.17) is 0 Å². The number of nitrogens with one attached hydrogen (secondary N) is 1. The quantitative estimate of drug-likeness (QED) is 0.216. The fourth-order valence-corrected chi connectivity index (χ4v) is 4.78. The highest BCUT2D eigenvalue weighted by atomic mass is 32.2. The first kappa shape index (κ1) is 29.2. The van der Waals surface area contributed by atoms with E-state index < -0.39 is 0 Å². The van der Waals surface area contributed by atoms with Gasteiger partial charge in [-0.3, -0.25) is 19.6 Å². The first-order valence-corrected chi connectivity index (χ1v) is 14.5. The molecule has 1 aliphatic heterocycles. The van der Waals surface area contributed by atoms with Crippen molar-refractivity contribution in [2.45, 2.75) is 33.1 Å². The van der Waals surface area contributed by atoms with Crippen LogP contribution in [0.2, 0.25) is 0 Å². The van der Waals surface area contributed by atoms with Gasteiger partial charge in [0, 0.05) is 68.3 Å². The summed E-state index contributed by atoms with van der Waals surface area (Å²) in [7, 11) is 3.67. The second kappa shape index (κ2) is 14.5. The van der Waals surface area contributed by atoms with E-state index in [0.29, 0.717) is 12.0 Å². The van der Waals surface area contributed by atoms with E-state index in [-0.39, 0.29) is 5.91 Å². The van der Waals surface area contributed by atoms with Crippen LogP contribution >= 0.6 is 11.8 Å². The Bertz CT molecular complexity index is 1220. The van der Waals surface area contributed by atoms with E-state index in [1.54, 1.807) is 25.0 Å². The molecule has 38 heavy (non-hydrogen) atoms. The number of aliphatic imine (C=N–C) groups is 1. The van der Waals surface area contributed by atoms with Crippen molar-refractivity contribution in [3.63, 3.8) is 0 Å². The Hall–Kier alpha value is -3.39. The lowest BCUT2D eigenvalue weighted by molar-refractivity contribution is -0.127. The zero-order valence-electron chi connectivity index (χ0n) is 23.2. The number of hydrogen-bond donors (Lipinski definition) is 1. The van der Waals surface area contributed by atoms with Crippen LogP contribution in [-0.2, 0) is 4.79 Å². The molecule has 0 bridgehead atoms. The first-order chi connectivity index (χ1) is 18.4. The Morgan fingerprint density at radius 3 is 2.42 bits per heavy atom. The number of amides is 1. The van der Waals surface area contributed by atoms with E-state index >= 15 is 0 Å². The third-order valence-electron chi connectivity index (χ3n) is 6.40. The molecule has 1 aliphatic rings. The molecule has 0 saturated carbocycles. The van der Waals surface area contributed by atoms with Crippen molar-refractivity contribution >= 4 is 47.8 Å². The molecule has 0 unspecified atom stereocenters. The smallest absolute Gasteiger partial charge is 0.250 e. The van der Waals surface area contributed by atoms with Gasteiger partial charge in [0.2, 0.25) is 5.91 Å². The van der Waals surface area contributed by atoms with Gasteiger partial charge in [-0.25, -0.2) is 0 Å². The number of carbonyl (C=O) groups excluding carboxylic acids is 2. The Kier molecular flexibility index (Phi) is 11.1. The van der Waals surface area contributed by atoms with E-state index in [0.717, 1.165) is 83.9 Å². The molecule has 202 valence electrons. The Labute approximate surface area is 231 Å². The molecule has 0 aliphatic carbocycles. The largest absolute Gasteiger partial charge is 0.343 e. The topological polar surface area (TPSA) is 77.4 Å². The summed E-state index contributed by atoms with van der Waals surface area (Å²) in [5.41, 5.74) is 5.93. The van der Waals surface area contributed by atoms with E-state index in [2.05, 4.69) is 41.6 Å². The van der Waals surface area contributed by atoms with Crippen molar-refractivity contribution in [2.75, 3.05) is 51.1 Å². The Balaban J connectivity index is 1.96. The molecular formula is C30H39N5O2S. The van der Waals surface area contributed by atoms with Crippen molar-refractivity contribution < 1.29 is 9.59 Å². The second-order valence-corrected chi connectivity index (χ2v) is 10.3. The van der Waals surface area contributed by atoms with E-state index in [1.165, 1.54) is 0 Å². The van der Waals surface area contributed by atoms with Crippen LogP contribution in [0, 0.1) is 0 Å². The summed E-state index contributed by atoms with van der Waals surface area (Å²) < 4.78 is 0. The summed E-state index contributed by atoms with van der Waals surface area (Å²) in [6.45, 7) is 6.52. The van der Waals surface area contributed by atoms with Crippen molar-refractivity contribution in [1.82, 2.24) is 9.91 Å². The van der Waals surface area contributed by atoms with Crippen LogP contribution in [0.1, 0.15) is 54.6 Å². The van der Waals surface area contributed by atoms with Gasteiger partial charge < -0.3 is 10.2 Å². The van der Waals surface area contributed by atoms with Crippen LogP contribution in [-0.4, -0.2) is 79.9 Å². The van der Waals surface area contributed by atoms with E-state index in [9.17, 15) is 9.59 Å². The monoisotopic (exact) mass is 533 g/mol. The lowest BCUT2D eigenvalue weighted by Gasteiger charge is -2.22. The Morgan fingerprint density at radius 1 is 1.05 bits per heavy atom. The van der Waals surface area contributed by atoms with Gasteiger partial charge in [-0.15, -0.1) is 0 Å². The van der Waals surface area contributed by atoms with Crippen molar-refractivity contribution in [1.29, 1.82) is 0 Å². The van der Waals surface area contributed by atoms with Gasteiger partial charge in [0.05, 0.1) is 6.21 Å². The van der Waals surface area contributed by atoms with Crippen LogP contribution in [0.15, 0.2) is 52.1 Å². The molecule has 0 saturated heterocycles. The standard InChI is InChI=1S/C30H39N5O2S/c1-6-12-35(13-7-2)30(37)26-17-24-10-8-23(18-28(24)33-29(19-26)31-3)22-9-11-25(21-36)27(16-22)20-32-34(4)14-15-38-5/h8-11,16-18,20-21H,6-7,12-15,19H2,1-5H3,(H,31,33)/b32-20-. The van der Waals surface area contributed by atoms with Gasteiger partial charge in [0.1, 0.15) is 5.84 Å². The maximum atomic E-state index is 13.4. The lowest BCUT2D eigenvalue weighted by atomic mass is 9.98. The average Bonchev–Trinajstić information content (AvgIpc) is 3.13. The SMILES string of the molecule is CCCN(CCC)C(=O)C1=Cc2ccc(-c3ccc(C=O)c(/C=N\N(C)CCSC)c3)cc2NC(=NC)C1. The summed E-state index contributed by atoms with van der Waals surface area (Å²) in [4.78, 5) is 31.4. The van der Waals surface area contributed by atoms with Gasteiger partial charge in [-0.05, 0) is 54.0 Å². The van der Waals surface area contributed by atoms with Gasteiger partial charge >= 0.3 is 0 Å². The zero-order valence-corrected chi connectivity index (χ0v) is 24.0. The minimum absolute atomic E-state index is 0.0736. The molecule has 1 heterocycles. The van der Waals surface area contributed by atoms with E-state index in [1.807, 2.05) is 53.4 Å². The van der Waals surface area contributed by atoms with Gasteiger partial charge in [0.15, 0.2) is 6.29 Å². The summed E-state index contributed by atoms with van der Waals surface area (Å²) >= 11 is 1.77. The maximum absolute atomic E-state index is 13.4. The molecular weight excluding hydrogens is 494 g/mol. The van der Waals surface area contributed by atoms with Crippen LogP contribution < -0.4 is 5.32 Å². The number of benzene rings is 2. The summed E-state index contributed by atoms with van der Waals surface area (Å²) in [6, 6.07) is 11.9. The zero-order chi connectivity index (χ0) is 27.5. The van der Waals surface area contributed by atoms with Crippen LogP contribution in [0.4, 0.5) is 5.69 Å². The summed E-state index contributed by atoms with van der Waals surface area (Å²) in [5.74, 6) is 1.81. The lowest BCUT2D eigenvalue weighted by Crippen LogP contribution is -2.34. The number of rotatable bonds is 12. The maximum Gasteiger partial charge on any atom is 0.250 e. The molecule has 7 nitrogen and oxygen atoms in total. The molecule has 0 aromatic heterocycles.